The number of hydrogen-bond donors (Lipinski definition) is 0. The highest BCUT2D eigenvalue weighted by Crippen LogP contribution is 2.36. The van der Waals surface area contributed by atoms with Crippen molar-refractivity contribution in [1.29, 1.82) is 0 Å². The van der Waals surface area contributed by atoms with E-state index in [9.17, 15) is 13.2 Å². The lowest BCUT2D eigenvalue weighted by molar-refractivity contribution is -0.143. The minimum Gasteiger partial charge on any atom is -0.237 e. The summed E-state index contributed by atoms with van der Waals surface area (Å²) in [6, 6.07) is 4.92. The highest BCUT2D eigenvalue weighted by atomic mass is 35.5. The fraction of sp³-hybridized carbons (Fsp3) is 0.429. The van der Waals surface area contributed by atoms with Gasteiger partial charge >= 0.3 is 6.18 Å². The van der Waals surface area contributed by atoms with Gasteiger partial charge in [0.1, 0.15) is 5.15 Å². The molecule has 0 fully saturated rings. The molecular formula is C21H22ClF3N6. The quantitative estimate of drug-likeness (QED) is 0.427. The Balaban J connectivity index is 1.82. The van der Waals surface area contributed by atoms with Gasteiger partial charge in [-0.05, 0) is 18.6 Å². The SMILES string of the molecule is CC(C)(C)c1cc2ncc(CC(C)(C)c3cn4nc(Cl)ccc4n3)c(C(F)(F)F)n2n1. The first-order chi connectivity index (χ1) is 14.3. The van der Waals surface area contributed by atoms with Gasteiger partial charge in [0.15, 0.2) is 17.0 Å². The average Bonchev–Trinajstić information content (AvgIpc) is 3.23. The zero-order valence-corrected chi connectivity index (χ0v) is 18.5. The van der Waals surface area contributed by atoms with Gasteiger partial charge in [0, 0.05) is 28.7 Å². The summed E-state index contributed by atoms with van der Waals surface area (Å²) in [5.74, 6) is 0. The van der Waals surface area contributed by atoms with Gasteiger partial charge in [-0.15, -0.1) is 0 Å². The van der Waals surface area contributed by atoms with Crippen LogP contribution in [0.3, 0.4) is 0 Å². The van der Waals surface area contributed by atoms with E-state index in [4.69, 9.17) is 11.6 Å². The topological polar surface area (TPSA) is 60.4 Å². The summed E-state index contributed by atoms with van der Waals surface area (Å²) < 4.78 is 44.9. The Morgan fingerprint density at radius 1 is 0.968 bits per heavy atom. The zero-order valence-electron chi connectivity index (χ0n) is 17.8. The Morgan fingerprint density at radius 2 is 1.68 bits per heavy atom. The number of nitrogens with zero attached hydrogens (tertiary/aromatic N) is 6. The Hall–Kier alpha value is -2.68. The summed E-state index contributed by atoms with van der Waals surface area (Å²) in [6.07, 6.45) is -1.56. The molecular weight excluding hydrogens is 429 g/mol. The van der Waals surface area contributed by atoms with Crippen molar-refractivity contribution in [2.24, 2.45) is 0 Å². The van der Waals surface area contributed by atoms with Crippen LogP contribution in [0.2, 0.25) is 5.15 Å². The molecule has 0 saturated carbocycles. The van der Waals surface area contributed by atoms with Crippen molar-refractivity contribution < 1.29 is 13.2 Å². The molecule has 0 saturated heterocycles. The normalized spacial score (nSPS) is 13.5. The number of rotatable bonds is 3. The minimum atomic E-state index is -4.60. The third kappa shape index (κ3) is 3.98. The van der Waals surface area contributed by atoms with Crippen molar-refractivity contribution in [1.82, 2.24) is 29.2 Å². The summed E-state index contributed by atoms with van der Waals surface area (Å²) in [7, 11) is 0. The van der Waals surface area contributed by atoms with Gasteiger partial charge in [-0.1, -0.05) is 46.2 Å². The van der Waals surface area contributed by atoms with Gasteiger partial charge in [-0.3, -0.25) is 0 Å². The largest absolute Gasteiger partial charge is 0.433 e. The fourth-order valence-corrected chi connectivity index (χ4v) is 3.66. The van der Waals surface area contributed by atoms with Crippen LogP contribution in [0.25, 0.3) is 11.3 Å². The number of hydrogen-bond acceptors (Lipinski definition) is 4. The molecule has 31 heavy (non-hydrogen) atoms. The average molecular weight is 451 g/mol. The third-order valence-electron chi connectivity index (χ3n) is 5.21. The molecule has 4 heterocycles. The predicted octanol–water partition coefficient (Wildman–Crippen LogP) is 5.26. The first kappa shape index (κ1) is 21.5. The molecule has 0 radical (unpaired) electrons. The van der Waals surface area contributed by atoms with E-state index in [0.717, 1.165) is 4.52 Å². The van der Waals surface area contributed by atoms with E-state index in [1.54, 1.807) is 24.4 Å². The molecule has 0 aliphatic heterocycles. The monoisotopic (exact) mass is 450 g/mol. The van der Waals surface area contributed by atoms with Crippen molar-refractivity contribution in [2.45, 2.75) is 58.0 Å². The van der Waals surface area contributed by atoms with Gasteiger partial charge < -0.3 is 0 Å². The smallest absolute Gasteiger partial charge is 0.237 e. The molecule has 0 N–H and O–H groups in total. The van der Waals surface area contributed by atoms with E-state index >= 15 is 0 Å². The lowest BCUT2D eigenvalue weighted by Crippen LogP contribution is -2.25. The van der Waals surface area contributed by atoms with Crippen LogP contribution in [0.15, 0.2) is 30.6 Å². The highest BCUT2D eigenvalue weighted by molar-refractivity contribution is 6.29. The van der Waals surface area contributed by atoms with Crippen LogP contribution < -0.4 is 0 Å². The molecule has 4 aromatic heterocycles. The maximum atomic E-state index is 14.1. The van der Waals surface area contributed by atoms with Gasteiger partial charge in [0.2, 0.25) is 0 Å². The second-order valence-electron chi connectivity index (χ2n) is 9.33. The van der Waals surface area contributed by atoms with E-state index in [0.29, 0.717) is 22.2 Å². The van der Waals surface area contributed by atoms with Gasteiger partial charge in [-0.25, -0.2) is 19.0 Å². The van der Waals surface area contributed by atoms with Crippen LogP contribution in [0.4, 0.5) is 13.2 Å². The molecule has 10 heteroatoms. The molecule has 0 atom stereocenters. The molecule has 0 amide bonds. The van der Waals surface area contributed by atoms with Gasteiger partial charge in [0.05, 0.1) is 17.6 Å². The Labute approximate surface area is 182 Å². The summed E-state index contributed by atoms with van der Waals surface area (Å²) in [6.45, 7) is 9.37. The Kier molecular flexibility index (Phi) is 4.81. The Morgan fingerprint density at radius 3 is 2.32 bits per heavy atom. The molecule has 0 bridgehead atoms. The third-order valence-corrected chi connectivity index (χ3v) is 5.41. The van der Waals surface area contributed by atoms with Crippen LogP contribution in [0.5, 0.6) is 0 Å². The van der Waals surface area contributed by atoms with Crippen LogP contribution in [-0.4, -0.2) is 29.2 Å². The maximum Gasteiger partial charge on any atom is 0.433 e. The maximum absolute atomic E-state index is 14.1. The summed E-state index contributed by atoms with van der Waals surface area (Å²) in [5.41, 5.74) is -0.000341. The van der Waals surface area contributed by atoms with E-state index in [1.807, 2.05) is 34.6 Å². The molecule has 0 aromatic carbocycles. The molecule has 0 aliphatic rings. The second-order valence-corrected chi connectivity index (χ2v) is 9.71. The molecule has 0 spiro atoms. The second kappa shape index (κ2) is 6.91. The number of alkyl halides is 3. The lowest BCUT2D eigenvalue weighted by atomic mass is 9.83. The van der Waals surface area contributed by atoms with Crippen molar-refractivity contribution in [2.75, 3.05) is 0 Å². The van der Waals surface area contributed by atoms with E-state index in [-0.39, 0.29) is 17.6 Å². The summed E-state index contributed by atoms with van der Waals surface area (Å²) in [5, 5.41) is 8.70. The van der Waals surface area contributed by atoms with Crippen LogP contribution in [-0.2, 0) is 23.4 Å². The van der Waals surface area contributed by atoms with Crippen molar-refractivity contribution >= 4 is 22.9 Å². The van der Waals surface area contributed by atoms with Gasteiger partial charge in [0.25, 0.3) is 0 Å². The van der Waals surface area contributed by atoms with Crippen molar-refractivity contribution in [3.8, 4) is 0 Å². The molecule has 0 unspecified atom stereocenters. The van der Waals surface area contributed by atoms with Crippen LogP contribution in [0.1, 0.15) is 57.3 Å². The number of aromatic nitrogens is 6. The molecule has 6 nitrogen and oxygen atoms in total. The molecule has 4 aromatic rings. The van der Waals surface area contributed by atoms with E-state index in [1.165, 1.54) is 10.7 Å². The standard InChI is InChI=1S/C21H22ClF3N6/c1-19(2,3)13-8-17-26-10-12(18(21(23,24)25)31(17)28-13)9-20(4,5)14-11-30-16(27-14)7-6-15(22)29-30/h6-8,10-11H,9H2,1-5H3. The first-order valence-electron chi connectivity index (χ1n) is 9.73. The first-order valence-corrected chi connectivity index (χ1v) is 10.1. The van der Waals surface area contributed by atoms with E-state index < -0.39 is 22.7 Å². The Bertz CT molecular complexity index is 1280. The van der Waals surface area contributed by atoms with Crippen LogP contribution >= 0.6 is 11.6 Å². The number of halogens is 4. The van der Waals surface area contributed by atoms with Crippen LogP contribution in [0, 0.1) is 0 Å². The van der Waals surface area contributed by atoms with Crippen molar-refractivity contribution in [3.05, 3.63) is 58.4 Å². The number of fused-ring (bicyclic) bond motifs is 2. The number of imidazole rings is 1. The molecule has 164 valence electrons. The van der Waals surface area contributed by atoms with E-state index in [2.05, 4.69) is 20.2 Å². The molecule has 0 aliphatic carbocycles. The summed E-state index contributed by atoms with van der Waals surface area (Å²) >= 11 is 5.93. The highest BCUT2D eigenvalue weighted by Gasteiger charge is 2.40. The lowest BCUT2D eigenvalue weighted by Gasteiger charge is -2.24. The summed E-state index contributed by atoms with van der Waals surface area (Å²) in [4.78, 5) is 8.80. The van der Waals surface area contributed by atoms with Crippen molar-refractivity contribution in [3.63, 3.8) is 0 Å². The zero-order chi connectivity index (χ0) is 22.8. The predicted molar refractivity (Wildman–Crippen MR) is 111 cm³/mol. The minimum absolute atomic E-state index is 0.0524. The van der Waals surface area contributed by atoms with Gasteiger partial charge in [-0.2, -0.15) is 23.4 Å². The fourth-order valence-electron chi connectivity index (χ4n) is 3.52. The molecule has 4 rings (SSSR count).